The lowest BCUT2D eigenvalue weighted by Gasteiger charge is -2.34. The van der Waals surface area contributed by atoms with Gasteiger partial charge in [0.25, 0.3) is 0 Å². The molecule has 0 amide bonds. The van der Waals surface area contributed by atoms with Crippen LogP contribution in [0.5, 0.6) is 5.88 Å². The highest BCUT2D eigenvalue weighted by atomic mass is 16.5. The van der Waals surface area contributed by atoms with Crippen LogP contribution in [0.25, 0.3) is 11.2 Å². The predicted octanol–water partition coefficient (Wildman–Crippen LogP) is 0.713. The number of fused-ring (bicyclic) bond motifs is 1. The maximum Gasteiger partial charge on any atom is 0.232 e. The van der Waals surface area contributed by atoms with Crippen LogP contribution in [0.1, 0.15) is 17.9 Å². The van der Waals surface area contributed by atoms with E-state index < -0.39 is 0 Å². The maximum atomic E-state index is 6.29. The molecule has 1 saturated heterocycles. The Morgan fingerprint density at radius 3 is 3.11 bits per heavy atom. The zero-order valence-electron chi connectivity index (χ0n) is 11.3. The first kappa shape index (κ1) is 12.4. The van der Waals surface area contributed by atoms with Crippen LogP contribution in [0.2, 0.25) is 0 Å². The summed E-state index contributed by atoms with van der Waals surface area (Å²) in [7, 11) is 3.71. The Hall–Kier alpha value is -1.66. The fourth-order valence-electron chi connectivity index (χ4n) is 2.81. The molecular weight excluding hydrogens is 242 g/mol. The van der Waals surface area contributed by atoms with Gasteiger partial charge in [-0.25, -0.2) is 9.97 Å². The second kappa shape index (κ2) is 4.79. The first-order valence-corrected chi connectivity index (χ1v) is 6.51. The molecule has 102 valence electrons. The third-order valence-electron chi connectivity index (χ3n) is 3.86. The summed E-state index contributed by atoms with van der Waals surface area (Å²) >= 11 is 0. The van der Waals surface area contributed by atoms with Crippen LogP contribution in [0, 0.1) is 0 Å². The van der Waals surface area contributed by atoms with Crippen LogP contribution >= 0.6 is 0 Å². The zero-order valence-corrected chi connectivity index (χ0v) is 11.3. The fraction of sp³-hybridized carbons (Fsp3) is 0.538. The Labute approximate surface area is 112 Å². The monoisotopic (exact) mass is 261 g/mol. The first-order chi connectivity index (χ1) is 9.19. The summed E-state index contributed by atoms with van der Waals surface area (Å²) < 4.78 is 5.15. The second-order valence-corrected chi connectivity index (χ2v) is 5.17. The summed E-state index contributed by atoms with van der Waals surface area (Å²) in [6.45, 7) is 1.97. The number of H-pyrrole nitrogens is 1. The van der Waals surface area contributed by atoms with Crippen LogP contribution in [-0.2, 0) is 0 Å². The van der Waals surface area contributed by atoms with Gasteiger partial charge in [0.1, 0.15) is 5.52 Å². The second-order valence-electron chi connectivity index (χ2n) is 5.17. The SMILES string of the molecule is COc1cnc2[nH]cc(C3CCN(C)CC3N)c2n1. The highest BCUT2D eigenvalue weighted by molar-refractivity contribution is 5.76. The quantitative estimate of drug-likeness (QED) is 0.832. The van der Waals surface area contributed by atoms with Gasteiger partial charge in [-0.3, -0.25) is 0 Å². The molecule has 19 heavy (non-hydrogen) atoms. The Kier molecular flexibility index (Phi) is 3.12. The molecule has 2 unspecified atom stereocenters. The number of methoxy groups -OCH3 is 1. The Balaban J connectivity index is 2.00. The number of aromatic amines is 1. The number of ether oxygens (including phenoxy) is 1. The van der Waals surface area contributed by atoms with Gasteiger partial charge in [0.15, 0.2) is 5.65 Å². The van der Waals surface area contributed by atoms with Gasteiger partial charge in [-0.05, 0) is 20.0 Å². The van der Waals surface area contributed by atoms with Crippen LogP contribution < -0.4 is 10.5 Å². The maximum absolute atomic E-state index is 6.29. The molecule has 1 aliphatic rings. The molecule has 0 aromatic carbocycles. The molecule has 0 radical (unpaired) electrons. The van der Waals surface area contributed by atoms with Crippen molar-refractivity contribution in [2.24, 2.45) is 5.73 Å². The highest BCUT2D eigenvalue weighted by Gasteiger charge is 2.28. The number of nitrogens with two attached hydrogens (primary N) is 1. The molecule has 0 bridgehead atoms. The van der Waals surface area contributed by atoms with Gasteiger partial charge in [0.05, 0.1) is 13.3 Å². The Bertz CT molecular complexity index is 581. The van der Waals surface area contributed by atoms with Crippen LogP contribution in [0.15, 0.2) is 12.4 Å². The zero-order chi connectivity index (χ0) is 13.4. The van der Waals surface area contributed by atoms with Gasteiger partial charge in [-0.2, -0.15) is 0 Å². The van der Waals surface area contributed by atoms with Crippen LogP contribution in [-0.4, -0.2) is 53.1 Å². The van der Waals surface area contributed by atoms with Gasteiger partial charge < -0.3 is 20.4 Å². The Morgan fingerprint density at radius 2 is 2.37 bits per heavy atom. The molecule has 3 N–H and O–H groups in total. The summed E-state index contributed by atoms with van der Waals surface area (Å²) in [6, 6.07) is 0.130. The van der Waals surface area contributed by atoms with E-state index in [1.54, 1.807) is 13.3 Å². The van der Waals surface area contributed by atoms with Crippen molar-refractivity contribution in [3.8, 4) is 5.88 Å². The smallest absolute Gasteiger partial charge is 0.232 e. The molecule has 2 aromatic heterocycles. The molecule has 0 saturated carbocycles. The van der Waals surface area contributed by atoms with E-state index in [0.29, 0.717) is 11.8 Å². The average Bonchev–Trinajstić information content (AvgIpc) is 2.81. The highest BCUT2D eigenvalue weighted by Crippen LogP contribution is 2.31. The van der Waals surface area contributed by atoms with Crippen molar-refractivity contribution in [3.05, 3.63) is 18.0 Å². The standard InChI is InChI=1S/C13H19N5O/c1-18-4-3-8(10(14)7-18)9-5-15-13-12(9)17-11(19-2)6-16-13/h5-6,8,10H,3-4,7,14H2,1-2H3,(H,15,16). The third-order valence-corrected chi connectivity index (χ3v) is 3.86. The van der Waals surface area contributed by atoms with E-state index in [9.17, 15) is 0 Å². The molecule has 2 aromatic rings. The number of rotatable bonds is 2. The molecule has 6 nitrogen and oxygen atoms in total. The predicted molar refractivity (Wildman–Crippen MR) is 73.3 cm³/mol. The van der Waals surface area contributed by atoms with E-state index in [0.717, 1.165) is 36.2 Å². The number of hydrogen-bond acceptors (Lipinski definition) is 5. The minimum atomic E-state index is 0.130. The van der Waals surface area contributed by atoms with Gasteiger partial charge in [-0.15, -0.1) is 0 Å². The average molecular weight is 261 g/mol. The molecule has 6 heteroatoms. The minimum Gasteiger partial charge on any atom is -0.480 e. The molecule has 1 aliphatic heterocycles. The number of hydrogen-bond donors (Lipinski definition) is 2. The first-order valence-electron chi connectivity index (χ1n) is 6.51. The lowest BCUT2D eigenvalue weighted by atomic mass is 9.87. The molecule has 0 spiro atoms. The van der Waals surface area contributed by atoms with Crippen molar-refractivity contribution in [1.82, 2.24) is 19.9 Å². The summed E-state index contributed by atoms with van der Waals surface area (Å²) in [5, 5.41) is 0. The van der Waals surface area contributed by atoms with Crippen molar-refractivity contribution in [3.63, 3.8) is 0 Å². The summed E-state index contributed by atoms with van der Waals surface area (Å²) in [5.74, 6) is 0.862. The van der Waals surface area contributed by atoms with E-state index in [-0.39, 0.29) is 6.04 Å². The summed E-state index contributed by atoms with van der Waals surface area (Å²) in [6.07, 6.45) is 4.65. The topological polar surface area (TPSA) is 80.1 Å². The van der Waals surface area contributed by atoms with Crippen molar-refractivity contribution in [2.75, 3.05) is 27.2 Å². The molecule has 3 heterocycles. The lowest BCUT2D eigenvalue weighted by Crippen LogP contribution is -2.45. The summed E-state index contributed by atoms with van der Waals surface area (Å²) in [4.78, 5) is 14.2. The molecule has 1 fully saturated rings. The normalized spacial score (nSPS) is 24.8. The van der Waals surface area contributed by atoms with Crippen molar-refractivity contribution >= 4 is 11.2 Å². The molecule has 2 atom stereocenters. The number of nitrogens with one attached hydrogen (secondary N) is 1. The van der Waals surface area contributed by atoms with E-state index in [2.05, 4.69) is 26.9 Å². The number of likely N-dealkylation sites (N-methyl/N-ethyl adjacent to an activating group) is 1. The number of likely N-dealkylation sites (tertiary alicyclic amines) is 1. The van der Waals surface area contributed by atoms with Gasteiger partial charge in [-0.1, -0.05) is 0 Å². The van der Waals surface area contributed by atoms with Crippen molar-refractivity contribution in [2.45, 2.75) is 18.4 Å². The van der Waals surface area contributed by atoms with Gasteiger partial charge in [0.2, 0.25) is 5.88 Å². The van der Waals surface area contributed by atoms with E-state index >= 15 is 0 Å². The molecule has 3 rings (SSSR count). The van der Waals surface area contributed by atoms with Gasteiger partial charge in [0, 0.05) is 30.3 Å². The van der Waals surface area contributed by atoms with Crippen molar-refractivity contribution in [1.29, 1.82) is 0 Å². The lowest BCUT2D eigenvalue weighted by molar-refractivity contribution is 0.229. The van der Waals surface area contributed by atoms with Crippen molar-refractivity contribution < 1.29 is 4.74 Å². The molecular formula is C13H19N5O. The summed E-state index contributed by atoms with van der Waals surface area (Å²) in [5.41, 5.74) is 9.11. The minimum absolute atomic E-state index is 0.130. The number of nitrogens with zero attached hydrogens (tertiary/aromatic N) is 3. The Morgan fingerprint density at radius 1 is 1.53 bits per heavy atom. The van der Waals surface area contributed by atoms with Gasteiger partial charge >= 0.3 is 0 Å². The van der Waals surface area contributed by atoms with Crippen LogP contribution in [0.4, 0.5) is 0 Å². The molecule has 0 aliphatic carbocycles. The third kappa shape index (κ3) is 2.17. The number of aromatic nitrogens is 3. The van der Waals surface area contributed by atoms with E-state index in [1.807, 2.05) is 6.20 Å². The largest absolute Gasteiger partial charge is 0.480 e. The fourth-order valence-corrected chi connectivity index (χ4v) is 2.81. The van der Waals surface area contributed by atoms with E-state index in [1.165, 1.54) is 0 Å². The number of piperidine rings is 1. The van der Waals surface area contributed by atoms with E-state index in [4.69, 9.17) is 10.5 Å². The van der Waals surface area contributed by atoms with Crippen LogP contribution in [0.3, 0.4) is 0 Å².